The van der Waals surface area contributed by atoms with Crippen LogP contribution in [0, 0.1) is 6.92 Å². The van der Waals surface area contributed by atoms with Crippen LogP contribution in [0.5, 0.6) is 5.75 Å². The monoisotopic (exact) mass is 479 g/mol. The zero-order valence-electron chi connectivity index (χ0n) is 19.5. The lowest BCUT2D eigenvalue weighted by atomic mass is 9.95. The summed E-state index contributed by atoms with van der Waals surface area (Å²) in [6.07, 6.45) is -0.357. The van der Waals surface area contributed by atoms with Crippen LogP contribution in [0.1, 0.15) is 54.7 Å². The number of aryl methyl sites for hydroxylation is 1. The average molecular weight is 480 g/mol. The highest BCUT2D eigenvalue weighted by Crippen LogP contribution is 2.35. The van der Waals surface area contributed by atoms with Crippen LogP contribution in [0.15, 0.2) is 54.6 Å². The van der Waals surface area contributed by atoms with Crippen LogP contribution in [0.25, 0.3) is 0 Å². The number of amides is 2. The number of nitrogens with one attached hydrogen (secondary N) is 1. The highest BCUT2D eigenvalue weighted by molar-refractivity contribution is 7.10. The van der Waals surface area contributed by atoms with Gasteiger partial charge in [0, 0.05) is 24.4 Å². The molecular formula is C26H29N3O4S. The number of hydrogen-bond donors (Lipinski definition) is 2. The van der Waals surface area contributed by atoms with Gasteiger partial charge in [0.2, 0.25) is 11.8 Å². The fraction of sp³-hybridized carbons (Fsp3) is 0.346. The predicted octanol–water partition coefficient (Wildman–Crippen LogP) is 4.43. The van der Waals surface area contributed by atoms with Gasteiger partial charge in [-0.05, 0) is 55.6 Å². The van der Waals surface area contributed by atoms with Gasteiger partial charge in [0.25, 0.3) is 0 Å². The fourth-order valence-electron chi connectivity index (χ4n) is 4.13. The number of anilines is 1. The first-order valence-electron chi connectivity index (χ1n) is 11.3. The number of aromatic nitrogens is 1. The van der Waals surface area contributed by atoms with Crippen LogP contribution in [0.2, 0.25) is 0 Å². The molecule has 0 aliphatic carbocycles. The van der Waals surface area contributed by atoms with Gasteiger partial charge in [0.1, 0.15) is 23.4 Å². The number of hydrogen-bond acceptors (Lipinski definition) is 6. The van der Waals surface area contributed by atoms with Crippen molar-refractivity contribution in [1.29, 1.82) is 0 Å². The number of rotatable bonds is 8. The third-order valence-electron chi connectivity index (χ3n) is 6.08. The molecule has 1 fully saturated rings. The molecule has 2 aromatic carbocycles. The fourth-order valence-corrected chi connectivity index (χ4v) is 4.79. The van der Waals surface area contributed by atoms with E-state index in [4.69, 9.17) is 4.74 Å². The van der Waals surface area contributed by atoms with Crippen molar-refractivity contribution in [3.8, 4) is 5.75 Å². The van der Waals surface area contributed by atoms with Gasteiger partial charge in [-0.25, -0.2) is 0 Å². The zero-order chi connectivity index (χ0) is 24.2. The smallest absolute Gasteiger partial charge is 0.247 e. The summed E-state index contributed by atoms with van der Waals surface area (Å²) in [7, 11) is 0. The summed E-state index contributed by atoms with van der Waals surface area (Å²) in [6, 6.07) is 16.8. The van der Waals surface area contributed by atoms with E-state index in [1.807, 2.05) is 61.5 Å². The minimum absolute atomic E-state index is 0.0560. The molecular weight excluding hydrogens is 450 g/mol. The molecule has 0 saturated carbocycles. The molecule has 0 radical (unpaired) electrons. The Bertz CT molecular complexity index is 1160. The Morgan fingerprint density at radius 2 is 2.00 bits per heavy atom. The minimum Gasteiger partial charge on any atom is -0.489 e. The molecule has 178 valence electrons. The molecule has 0 bridgehead atoms. The first-order valence-corrected chi connectivity index (χ1v) is 12.1. The number of likely N-dealkylation sites (tertiary alicyclic amines) is 1. The van der Waals surface area contributed by atoms with E-state index in [2.05, 4.69) is 9.69 Å². The summed E-state index contributed by atoms with van der Waals surface area (Å²) in [5.74, 6) is 0.262. The summed E-state index contributed by atoms with van der Waals surface area (Å²) in [6.45, 7) is 6.14. The van der Waals surface area contributed by atoms with Crippen molar-refractivity contribution in [3.63, 3.8) is 0 Å². The van der Waals surface area contributed by atoms with Gasteiger partial charge < -0.3 is 20.1 Å². The van der Waals surface area contributed by atoms with Crippen LogP contribution in [-0.2, 0) is 16.2 Å². The Morgan fingerprint density at radius 1 is 1.24 bits per heavy atom. The summed E-state index contributed by atoms with van der Waals surface area (Å²) >= 11 is 1.22. The second-order valence-corrected chi connectivity index (χ2v) is 9.50. The summed E-state index contributed by atoms with van der Waals surface area (Å²) in [5.41, 5.74) is 3.53. The van der Waals surface area contributed by atoms with Crippen LogP contribution < -0.4 is 10.1 Å². The SMILES string of the molecule is Cc1cc(NC(=O)[C@@H](C)N2C[C@H](c3ccc(C(C)O)c(OCc4ccccc4)c3)CC2=O)sn1. The molecule has 2 heterocycles. The molecule has 8 heteroatoms. The Balaban J connectivity index is 1.47. The Labute approximate surface area is 203 Å². The highest BCUT2D eigenvalue weighted by Gasteiger charge is 2.36. The molecule has 1 aromatic heterocycles. The molecule has 3 aromatic rings. The van der Waals surface area contributed by atoms with Gasteiger partial charge in [-0.1, -0.05) is 42.5 Å². The maximum atomic E-state index is 12.8. The van der Waals surface area contributed by atoms with Gasteiger partial charge in [0.15, 0.2) is 0 Å². The van der Waals surface area contributed by atoms with Crippen molar-refractivity contribution in [2.45, 2.75) is 51.9 Å². The van der Waals surface area contributed by atoms with E-state index in [0.717, 1.165) is 16.8 Å². The van der Waals surface area contributed by atoms with E-state index in [1.165, 1.54) is 11.5 Å². The molecule has 3 atom stereocenters. The lowest BCUT2D eigenvalue weighted by Crippen LogP contribution is -2.42. The van der Waals surface area contributed by atoms with Gasteiger partial charge in [0.05, 0.1) is 11.8 Å². The normalized spacial score (nSPS) is 17.5. The van der Waals surface area contributed by atoms with E-state index >= 15 is 0 Å². The number of nitrogens with zero attached hydrogens (tertiary/aromatic N) is 2. The van der Waals surface area contributed by atoms with E-state index in [9.17, 15) is 14.7 Å². The molecule has 2 N–H and O–H groups in total. The highest BCUT2D eigenvalue weighted by atomic mass is 32.1. The Kier molecular flexibility index (Phi) is 7.29. The topological polar surface area (TPSA) is 91.8 Å². The molecule has 4 rings (SSSR count). The van der Waals surface area contributed by atoms with Gasteiger partial charge in [-0.15, -0.1) is 0 Å². The molecule has 7 nitrogen and oxygen atoms in total. The lowest BCUT2D eigenvalue weighted by molar-refractivity contribution is -0.134. The molecule has 2 amide bonds. The number of benzene rings is 2. The van der Waals surface area contributed by atoms with Gasteiger partial charge in [-0.2, -0.15) is 4.37 Å². The standard InChI is InChI=1S/C26H29N3O4S/c1-16-11-24(34-28-16)27-26(32)17(2)29-14-21(13-25(29)31)20-9-10-22(18(3)30)23(12-20)33-15-19-7-5-4-6-8-19/h4-12,17-18,21,30H,13-15H2,1-3H3,(H,27,32)/t17-,18?,21-/m1/s1. The van der Waals surface area contributed by atoms with Gasteiger partial charge >= 0.3 is 0 Å². The predicted molar refractivity (Wildman–Crippen MR) is 132 cm³/mol. The van der Waals surface area contributed by atoms with Crippen molar-refractivity contribution < 1.29 is 19.4 Å². The first-order chi connectivity index (χ1) is 16.3. The second-order valence-electron chi connectivity index (χ2n) is 8.69. The van der Waals surface area contributed by atoms with Crippen LogP contribution in [-0.4, -0.2) is 38.8 Å². The van der Waals surface area contributed by atoms with E-state index in [-0.39, 0.29) is 17.7 Å². The number of carbonyl (C=O) groups excluding carboxylic acids is 2. The first kappa shape index (κ1) is 23.9. The molecule has 1 aliphatic rings. The Morgan fingerprint density at radius 3 is 2.68 bits per heavy atom. The van der Waals surface area contributed by atoms with Crippen molar-refractivity contribution in [1.82, 2.24) is 9.27 Å². The maximum Gasteiger partial charge on any atom is 0.247 e. The van der Waals surface area contributed by atoms with Crippen molar-refractivity contribution in [2.75, 3.05) is 11.9 Å². The van der Waals surface area contributed by atoms with Crippen LogP contribution >= 0.6 is 11.5 Å². The molecule has 1 saturated heterocycles. The number of aliphatic hydroxyl groups excluding tert-OH is 1. The van der Waals surface area contributed by atoms with Crippen molar-refractivity contribution in [3.05, 3.63) is 77.0 Å². The van der Waals surface area contributed by atoms with Crippen LogP contribution in [0.3, 0.4) is 0 Å². The van der Waals surface area contributed by atoms with Crippen molar-refractivity contribution in [2.24, 2.45) is 0 Å². The van der Waals surface area contributed by atoms with Gasteiger partial charge in [-0.3, -0.25) is 9.59 Å². The largest absolute Gasteiger partial charge is 0.489 e. The average Bonchev–Trinajstić information content (AvgIpc) is 3.42. The molecule has 0 spiro atoms. The number of ether oxygens (including phenoxy) is 1. The molecule has 1 aliphatic heterocycles. The zero-order valence-corrected chi connectivity index (χ0v) is 20.3. The quantitative estimate of drug-likeness (QED) is 0.499. The third-order valence-corrected chi connectivity index (χ3v) is 6.87. The van der Waals surface area contributed by atoms with E-state index < -0.39 is 12.1 Å². The minimum atomic E-state index is -0.680. The van der Waals surface area contributed by atoms with Crippen LogP contribution in [0.4, 0.5) is 5.00 Å². The molecule has 1 unspecified atom stereocenters. The summed E-state index contributed by atoms with van der Waals surface area (Å²) in [4.78, 5) is 27.1. The second kappa shape index (κ2) is 10.4. The lowest BCUT2D eigenvalue weighted by Gasteiger charge is -2.24. The number of aliphatic hydroxyl groups is 1. The summed E-state index contributed by atoms with van der Waals surface area (Å²) in [5, 5.41) is 13.7. The maximum absolute atomic E-state index is 12.8. The third kappa shape index (κ3) is 5.46. The Hall–Kier alpha value is -3.23. The van der Waals surface area contributed by atoms with Crippen molar-refractivity contribution >= 4 is 28.3 Å². The molecule has 34 heavy (non-hydrogen) atoms. The van der Waals surface area contributed by atoms with E-state index in [1.54, 1.807) is 18.7 Å². The number of carbonyl (C=O) groups is 2. The summed E-state index contributed by atoms with van der Waals surface area (Å²) < 4.78 is 10.2. The van der Waals surface area contributed by atoms with E-state index in [0.29, 0.717) is 35.9 Å².